The summed E-state index contributed by atoms with van der Waals surface area (Å²) in [7, 11) is 2.12. The van der Waals surface area contributed by atoms with Crippen molar-refractivity contribution in [3.05, 3.63) is 83.1 Å². The molecule has 2 aliphatic rings. The maximum Gasteiger partial charge on any atom is 0.286 e. The third-order valence-corrected chi connectivity index (χ3v) is 6.31. The van der Waals surface area contributed by atoms with E-state index in [1.54, 1.807) is 0 Å². The third-order valence-electron chi connectivity index (χ3n) is 6.31. The maximum absolute atomic E-state index is 12.9. The molecular formula is C26H30N2O3. The smallest absolute Gasteiger partial charge is 0.286 e. The van der Waals surface area contributed by atoms with Gasteiger partial charge < -0.3 is 10.1 Å². The summed E-state index contributed by atoms with van der Waals surface area (Å²) in [6, 6.07) is 18.8. The van der Waals surface area contributed by atoms with E-state index in [-0.39, 0.29) is 29.4 Å². The van der Waals surface area contributed by atoms with E-state index in [2.05, 4.69) is 53.7 Å². The van der Waals surface area contributed by atoms with E-state index in [1.165, 1.54) is 22.8 Å². The predicted octanol–water partition coefficient (Wildman–Crippen LogP) is 3.42. The Balaban J connectivity index is 1.53. The predicted molar refractivity (Wildman–Crippen MR) is 120 cm³/mol. The Morgan fingerprint density at radius 2 is 1.61 bits per heavy atom. The molecule has 5 heteroatoms. The molecule has 2 aromatic carbocycles. The van der Waals surface area contributed by atoms with Gasteiger partial charge in [0.15, 0.2) is 11.5 Å². The zero-order valence-electron chi connectivity index (χ0n) is 18.5. The van der Waals surface area contributed by atoms with Gasteiger partial charge in [-0.25, -0.2) is 0 Å². The Morgan fingerprint density at radius 3 is 2.23 bits per heavy atom. The number of likely N-dealkylation sites (N-methyl/N-ethyl adjacent to an activating group) is 1. The lowest BCUT2D eigenvalue weighted by Gasteiger charge is -2.39. The summed E-state index contributed by atoms with van der Waals surface area (Å²) in [4.78, 5) is 27.3. The van der Waals surface area contributed by atoms with E-state index in [0.29, 0.717) is 6.54 Å². The second-order valence-electron chi connectivity index (χ2n) is 9.38. The van der Waals surface area contributed by atoms with Crippen LogP contribution in [0.2, 0.25) is 0 Å². The molecular weight excluding hydrogens is 388 g/mol. The summed E-state index contributed by atoms with van der Waals surface area (Å²) >= 11 is 0. The van der Waals surface area contributed by atoms with Crippen molar-refractivity contribution in [3.63, 3.8) is 0 Å². The van der Waals surface area contributed by atoms with Gasteiger partial charge in [-0.3, -0.25) is 14.5 Å². The maximum atomic E-state index is 12.9. The first-order valence-electron chi connectivity index (χ1n) is 10.8. The van der Waals surface area contributed by atoms with Gasteiger partial charge in [0.25, 0.3) is 5.91 Å². The number of allylic oxidation sites excluding steroid dienone is 1. The lowest BCUT2D eigenvalue weighted by Crippen LogP contribution is -2.55. The summed E-state index contributed by atoms with van der Waals surface area (Å²) in [5.74, 6) is -0.298. The number of hydrogen-bond acceptors (Lipinski definition) is 4. The number of amides is 1. The molecule has 0 saturated heterocycles. The van der Waals surface area contributed by atoms with Crippen LogP contribution in [-0.4, -0.2) is 41.3 Å². The number of carbonyl (C=O) groups excluding carboxylic acids is 2. The topological polar surface area (TPSA) is 58.6 Å². The van der Waals surface area contributed by atoms with Gasteiger partial charge in [0.2, 0.25) is 0 Å². The molecule has 1 aliphatic carbocycles. The van der Waals surface area contributed by atoms with Crippen molar-refractivity contribution in [1.82, 2.24) is 10.2 Å². The zero-order chi connectivity index (χ0) is 22.1. The molecule has 0 aromatic heterocycles. The van der Waals surface area contributed by atoms with Gasteiger partial charge in [-0.05, 0) is 50.4 Å². The first kappa shape index (κ1) is 21.3. The van der Waals surface area contributed by atoms with Crippen molar-refractivity contribution in [2.75, 3.05) is 13.6 Å². The van der Waals surface area contributed by atoms with E-state index in [9.17, 15) is 9.59 Å². The highest BCUT2D eigenvalue weighted by molar-refractivity contribution is 6.01. The molecule has 162 valence electrons. The standard InChI is InChI=1S/C26H30N2O3/c1-25(2)16-22(29)13-23(31-25)24(30)27-18-26(14-20-11-7-8-12-21(20)15-26)28(3)17-19-9-5-4-6-10-19/h4-13H,14-18H2,1-3H3,(H,27,30). The van der Waals surface area contributed by atoms with Crippen LogP contribution in [0.15, 0.2) is 66.4 Å². The lowest BCUT2D eigenvalue weighted by molar-refractivity contribution is -0.131. The van der Waals surface area contributed by atoms with Crippen LogP contribution in [0, 0.1) is 0 Å². The largest absolute Gasteiger partial charge is 0.482 e. The monoisotopic (exact) mass is 418 g/mol. The molecule has 2 aromatic rings. The van der Waals surface area contributed by atoms with Gasteiger partial charge in [0.1, 0.15) is 5.60 Å². The molecule has 5 nitrogen and oxygen atoms in total. The summed E-state index contributed by atoms with van der Waals surface area (Å²) in [5, 5.41) is 3.07. The molecule has 0 saturated carbocycles. The number of fused-ring (bicyclic) bond motifs is 1. The van der Waals surface area contributed by atoms with Crippen molar-refractivity contribution in [2.45, 2.75) is 50.8 Å². The van der Waals surface area contributed by atoms with Crippen molar-refractivity contribution in [1.29, 1.82) is 0 Å². The summed E-state index contributed by atoms with van der Waals surface area (Å²) in [6.45, 7) is 4.91. The van der Waals surface area contributed by atoms with Crippen LogP contribution in [0.25, 0.3) is 0 Å². The number of benzene rings is 2. The molecule has 1 heterocycles. The highest BCUT2D eigenvalue weighted by Gasteiger charge is 2.41. The number of nitrogens with one attached hydrogen (secondary N) is 1. The van der Waals surface area contributed by atoms with Crippen molar-refractivity contribution < 1.29 is 14.3 Å². The minimum absolute atomic E-state index is 0.0782. The second-order valence-corrected chi connectivity index (χ2v) is 9.38. The van der Waals surface area contributed by atoms with Crippen LogP contribution in [0.5, 0.6) is 0 Å². The Labute approximate surface area is 184 Å². The Kier molecular flexibility index (Phi) is 5.71. The van der Waals surface area contributed by atoms with E-state index >= 15 is 0 Å². The molecule has 0 fully saturated rings. The summed E-state index contributed by atoms with van der Waals surface area (Å²) < 4.78 is 5.79. The van der Waals surface area contributed by atoms with Crippen LogP contribution in [0.3, 0.4) is 0 Å². The first-order valence-corrected chi connectivity index (χ1v) is 10.8. The van der Waals surface area contributed by atoms with Crippen LogP contribution in [0.4, 0.5) is 0 Å². The van der Waals surface area contributed by atoms with Crippen LogP contribution >= 0.6 is 0 Å². The van der Waals surface area contributed by atoms with E-state index in [1.807, 2.05) is 32.0 Å². The number of rotatable bonds is 6. The summed E-state index contributed by atoms with van der Waals surface area (Å²) in [6.07, 6.45) is 3.32. The number of ether oxygens (including phenoxy) is 1. The van der Waals surface area contributed by atoms with Crippen LogP contribution < -0.4 is 5.32 Å². The minimum Gasteiger partial charge on any atom is -0.482 e. The van der Waals surface area contributed by atoms with Crippen molar-refractivity contribution in [2.24, 2.45) is 0 Å². The SMILES string of the molecule is CN(Cc1ccccc1)C1(CNC(=O)C2=CC(=O)CC(C)(C)O2)Cc2ccccc2C1. The highest BCUT2D eigenvalue weighted by Crippen LogP contribution is 2.35. The van der Waals surface area contributed by atoms with Crippen LogP contribution in [0.1, 0.15) is 37.0 Å². The lowest BCUT2D eigenvalue weighted by atomic mass is 9.92. The molecule has 4 rings (SSSR count). The minimum atomic E-state index is -0.663. The molecule has 1 amide bonds. The van der Waals surface area contributed by atoms with Gasteiger partial charge in [-0.1, -0.05) is 54.6 Å². The van der Waals surface area contributed by atoms with E-state index < -0.39 is 5.60 Å². The van der Waals surface area contributed by atoms with Gasteiger partial charge in [0, 0.05) is 31.1 Å². The Bertz CT molecular complexity index is 985. The first-order chi connectivity index (χ1) is 14.8. The third kappa shape index (κ3) is 4.72. The average Bonchev–Trinajstić information content (AvgIpc) is 3.11. The number of hydrogen-bond donors (Lipinski definition) is 1. The fourth-order valence-electron chi connectivity index (χ4n) is 4.65. The molecule has 0 bridgehead atoms. The Morgan fingerprint density at radius 1 is 1.00 bits per heavy atom. The van der Waals surface area contributed by atoms with E-state index in [4.69, 9.17) is 4.74 Å². The van der Waals surface area contributed by atoms with Gasteiger partial charge in [0.05, 0.1) is 0 Å². The number of carbonyl (C=O) groups is 2. The second kappa shape index (κ2) is 8.31. The number of nitrogens with zero attached hydrogens (tertiary/aromatic N) is 1. The van der Waals surface area contributed by atoms with Gasteiger partial charge in [-0.2, -0.15) is 0 Å². The fourth-order valence-corrected chi connectivity index (χ4v) is 4.65. The van der Waals surface area contributed by atoms with Gasteiger partial charge in [-0.15, -0.1) is 0 Å². The molecule has 1 aliphatic heterocycles. The summed E-state index contributed by atoms with van der Waals surface area (Å²) in [5.41, 5.74) is 2.97. The highest BCUT2D eigenvalue weighted by atomic mass is 16.5. The van der Waals surface area contributed by atoms with Crippen LogP contribution in [-0.2, 0) is 33.7 Å². The van der Waals surface area contributed by atoms with Crippen molar-refractivity contribution >= 4 is 11.7 Å². The zero-order valence-corrected chi connectivity index (χ0v) is 18.5. The normalized spacial score (nSPS) is 18.8. The quantitative estimate of drug-likeness (QED) is 0.781. The molecule has 31 heavy (non-hydrogen) atoms. The molecule has 0 atom stereocenters. The van der Waals surface area contributed by atoms with E-state index in [0.717, 1.165) is 19.4 Å². The number of ketones is 1. The Hall–Kier alpha value is -2.92. The van der Waals surface area contributed by atoms with Crippen molar-refractivity contribution in [3.8, 4) is 0 Å². The molecule has 0 spiro atoms. The fraction of sp³-hybridized carbons (Fsp3) is 0.385. The molecule has 0 radical (unpaired) electrons. The average molecular weight is 419 g/mol. The molecule has 0 unspecified atom stereocenters. The van der Waals surface area contributed by atoms with Gasteiger partial charge >= 0.3 is 0 Å². The molecule has 1 N–H and O–H groups in total.